The van der Waals surface area contributed by atoms with Gasteiger partial charge in [0.05, 0.1) is 6.61 Å². The van der Waals surface area contributed by atoms with Crippen molar-refractivity contribution < 1.29 is 9.47 Å². The first-order chi connectivity index (χ1) is 9.91. The number of nitrogens with one attached hydrogen (secondary N) is 1. The molecule has 0 aromatic heterocycles. The van der Waals surface area contributed by atoms with Crippen LogP contribution in [-0.2, 0) is 0 Å². The average Bonchev–Trinajstić information content (AvgIpc) is 2.41. The van der Waals surface area contributed by atoms with Gasteiger partial charge in [-0.25, -0.2) is 0 Å². The van der Waals surface area contributed by atoms with Gasteiger partial charge in [-0.15, -0.1) is 0 Å². The zero-order valence-electron chi connectivity index (χ0n) is 14.0. The van der Waals surface area contributed by atoms with Gasteiger partial charge < -0.3 is 14.8 Å². The summed E-state index contributed by atoms with van der Waals surface area (Å²) in [6.07, 6.45) is 3.28. The second-order valence-electron chi connectivity index (χ2n) is 6.99. The molecule has 1 unspecified atom stereocenters. The Morgan fingerprint density at radius 3 is 2.81 bits per heavy atom. The van der Waals surface area contributed by atoms with Crippen LogP contribution >= 0.6 is 0 Å². The van der Waals surface area contributed by atoms with Crippen LogP contribution in [0.3, 0.4) is 0 Å². The molecule has 1 N–H and O–H groups in total. The van der Waals surface area contributed by atoms with Gasteiger partial charge in [-0.2, -0.15) is 0 Å². The summed E-state index contributed by atoms with van der Waals surface area (Å²) in [5.41, 5.74) is 1.09. The van der Waals surface area contributed by atoms with Crippen molar-refractivity contribution in [2.24, 2.45) is 5.92 Å². The first-order valence-corrected chi connectivity index (χ1v) is 8.04. The number of hydrogen-bond donors (Lipinski definition) is 1. The lowest BCUT2D eigenvalue weighted by atomic mass is 9.90. The molecule has 1 aromatic carbocycles. The standard InChI is InChI=1S/C18H29NO2/c1-13(2)7-6-10-20-14-8-9-15-16(19-5)12-18(3,4)21-17(15)11-14/h8-9,11,13,16,19H,6-7,10,12H2,1-5H3. The topological polar surface area (TPSA) is 30.5 Å². The molecule has 0 fully saturated rings. The summed E-state index contributed by atoms with van der Waals surface area (Å²) in [4.78, 5) is 0. The highest BCUT2D eigenvalue weighted by Gasteiger charge is 2.33. The van der Waals surface area contributed by atoms with E-state index in [1.54, 1.807) is 0 Å². The molecule has 0 amide bonds. The van der Waals surface area contributed by atoms with Crippen LogP contribution in [0.2, 0.25) is 0 Å². The molecular weight excluding hydrogens is 262 g/mol. The van der Waals surface area contributed by atoms with E-state index in [4.69, 9.17) is 9.47 Å². The maximum atomic E-state index is 6.12. The van der Waals surface area contributed by atoms with Gasteiger partial charge in [-0.3, -0.25) is 0 Å². The van der Waals surface area contributed by atoms with E-state index < -0.39 is 0 Å². The molecule has 21 heavy (non-hydrogen) atoms. The second kappa shape index (κ2) is 6.69. The van der Waals surface area contributed by atoms with E-state index in [9.17, 15) is 0 Å². The number of hydrogen-bond acceptors (Lipinski definition) is 3. The van der Waals surface area contributed by atoms with Crippen molar-refractivity contribution in [1.29, 1.82) is 0 Å². The molecule has 0 saturated carbocycles. The number of benzene rings is 1. The van der Waals surface area contributed by atoms with Crippen molar-refractivity contribution >= 4 is 0 Å². The molecule has 1 atom stereocenters. The SMILES string of the molecule is CNC1CC(C)(C)Oc2cc(OCCCC(C)C)ccc21. The maximum absolute atomic E-state index is 6.12. The zero-order chi connectivity index (χ0) is 15.5. The Morgan fingerprint density at radius 2 is 2.14 bits per heavy atom. The lowest BCUT2D eigenvalue weighted by Crippen LogP contribution is -2.38. The summed E-state index contributed by atoms with van der Waals surface area (Å²) in [6.45, 7) is 9.53. The van der Waals surface area contributed by atoms with Crippen LogP contribution in [0.5, 0.6) is 11.5 Å². The van der Waals surface area contributed by atoms with E-state index in [2.05, 4.69) is 45.1 Å². The first kappa shape index (κ1) is 16.2. The van der Waals surface area contributed by atoms with Gasteiger partial charge in [0.25, 0.3) is 0 Å². The predicted molar refractivity (Wildman–Crippen MR) is 87.1 cm³/mol. The van der Waals surface area contributed by atoms with Gasteiger partial charge >= 0.3 is 0 Å². The van der Waals surface area contributed by atoms with Crippen molar-refractivity contribution in [2.45, 2.75) is 58.6 Å². The molecular formula is C18H29NO2. The van der Waals surface area contributed by atoms with Crippen LogP contribution in [0, 0.1) is 5.92 Å². The number of rotatable bonds is 6. The molecule has 0 saturated heterocycles. The molecule has 2 rings (SSSR count). The Hall–Kier alpha value is -1.22. The molecule has 3 nitrogen and oxygen atoms in total. The van der Waals surface area contributed by atoms with Gasteiger partial charge in [0.1, 0.15) is 17.1 Å². The van der Waals surface area contributed by atoms with Crippen LogP contribution < -0.4 is 14.8 Å². The molecule has 0 radical (unpaired) electrons. The minimum atomic E-state index is -0.142. The smallest absolute Gasteiger partial charge is 0.128 e. The monoisotopic (exact) mass is 291 g/mol. The van der Waals surface area contributed by atoms with Crippen LogP contribution in [-0.4, -0.2) is 19.3 Å². The fourth-order valence-electron chi connectivity index (χ4n) is 2.86. The van der Waals surface area contributed by atoms with Crippen molar-refractivity contribution in [3.8, 4) is 11.5 Å². The molecule has 3 heteroatoms. The lowest BCUT2D eigenvalue weighted by molar-refractivity contribution is 0.0671. The van der Waals surface area contributed by atoms with Gasteiger partial charge in [-0.05, 0) is 45.7 Å². The van der Waals surface area contributed by atoms with Crippen LogP contribution in [0.25, 0.3) is 0 Å². The van der Waals surface area contributed by atoms with Crippen LogP contribution in [0.4, 0.5) is 0 Å². The Morgan fingerprint density at radius 1 is 1.38 bits per heavy atom. The summed E-state index contributed by atoms with van der Waals surface area (Å²) in [6, 6.07) is 6.57. The van der Waals surface area contributed by atoms with Crippen LogP contribution in [0.15, 0.2) is 18.2 Å². The average molecular weight is 291 g/mol. The first-order valence-electron chi connectivity index (χ1n) is 8.04. The van der Waals surface area contributed by atoms with Crippen molar-refractivity contribution in [3.05, 3.63) is 23.8 Å². The molecule has 0 aliphatic carbocycles. The number of ether oxygens (including phenoxy) is 2. The summed E-state index contributed by atoms with van der Waals surface area (Å²) < 4.78 is 12.0. The minimum absolute atomic E-state index is 0.142. The van der Waals surface area contributed by atoms with Crippen molar-refractivity contribution in [2.75, 3.05) is 13.7 Å². The van der Waals surface area contributed by atoms with E-state index in [0.29, 0.717) is 6.04 Å². The Kier molecular flexibility index (Phi) is 5.15. The molecule has 0 spiro atoms. The summed E-state index contributed by atoms with van der Waals surface area (Å²) in [7, 11) is 2.01. The number of fused-ring (bicyclic) bond motifs is 1. The lowest BCUT2D eigenvalue weighted by Gasteiger charge is -2.37. The van der Waals surface area contributed by atoms with Crippen LogP contribution in [0.1, 0.15) is 58.6 Å². The summed E-state index contributed by atoms with van der Waals surface area (Å²) in [5, 5.41) is 3.38. The van der Waals surface area contributed by atoms with E-state index >= 15 is 0 Å². The summed E-state index contributed by atoms with van der Waals surface area (Å²) >= 11 is 0. The molecule has 0 bridgehead atoms. The maximum Gasteiger partial charge on any atom is 0.128 e. The fourth-order valence-corrected chi connectivity index (χ4v) is 2.86. The Labute approximate surface area is 129 Å². The minimum Gasteiger partial charge on any atom is -0.493 e. The molecule has 1 heterocycles. The molecule has 1 aromatic rings. The Balaban J connectivity index is 2.04. The van der Waals surface area contributed by atoms with E-state index in [0.717, 1.165) is 36.9 Å². The predicted octanol–water partition coefficient (Wildman–Crippen LogP) is 4.32. The van der Waals surface area contributed by atoms with Gasteiger partial charge in [0.2, 0.25) is 0 Å². The van der Waals surface area contributed by atoms with Crippen molar-refractivity contribution in [3.63, 3.8) is 0 Å². The van der Waals surface area contributed by atoms with Gasteiger partial charge in [0.15, 0.2) is 0 Å². The fraction of sp³-hybridized carbons (Fsp3) is 0.667. The molecule has 118 valence electrons. The molecule has 1 aliphatic rings. The third-order valence-corrected chi connectivity index (χ3v) is 3.99. The van der Waals surface area contributed by atoms with E-state index in [1.165, 1.54) is 12.0 Å². The van der Waals surface area contributed by atoms with Gasteiger partial charge in [0, 0.05) is 24.1 Å². The van der Waals surface area contributed by atoms with E-state index in [-0.39, 0.29) is 5.60 Å². The van der Waals surface area contributed by atoms with Gasteiger partial charge in [-0.1, -0.05) is 19.9 Å². The third-order valence-electron chi connectivity index (χ3n) is 3.99. The normalized spacial score (nSPS) is 20.0. The highest BCUT2D eigenvalue weighted by atomic mass is 16.5. The Bertz CT molecular complexity index is 468. The highest BCUT2D eigenvalue weighted by molar-refractivity contribution is 5.44. The third kappa shape index (κ3) is 4.37. The second-order valence-corrected chi connectivity index (χ2v) is 6.99. The van der Waals surface area contributed by atoms with E-state index in [1.807, 2.05) is 13.1 Å². The highest BCUT2D eigenvalue weighted by Crippen LogP contribution is 2.40. The van der Waals surface area contributed by atoms with Crippen molar-refractivity contribution in [1.82, 2.24) is 5.32 Å². The zero-order valence-corrected chi connectivity index (χ0v) is 14.0. The summed E-state index contributed by atoms with van der Waals surface area (Å²) in [5.74, 6) is 2.59. The molecule has 1 aliphatic heterocycles. The quantitative estimate of drug-likeness (QED) is 0.792. The largest absolute Gasteiger partial charge is 0.493 e.